The molecule has 3 nitrogen and oxygen atoms in total. The van der Waals surface area contributed by atoms with E-state index in [1.807, 2.05) is 0 Å². The molecule has 4 N–H and O–H groups in total. The quantitative estimate of drug-likeness (QED) is 0.518. The van der Waals surface area contributed by atoms with Crippen molar-refractivity contribution in [3.8, 4) is 0 Å². The summed E-state index contributed by atoms with van der Waals surface area (Å²) >= 11 is 0. The van der Waals surface area contributed by atoms with Gasteiger partial charge in [-0.1, -0.05) is 20.8 Å². The van der Waals surface area contributed by atoms with Gasteiger partial charge in [0.2, 0.25) is 0 Å². The molecular weight excluding hydrogens is 140 g/mol. The Hall–Kier alpha value is -0.120. The first kappa shape index (κ1) is 10.9. The van der Waals surface area contributed by atoms with E-state index < -0.39 is 0 Å². The van der Waals surface area contributed by atoms with Gasteiger partial charge in [-0.05, 0) is 11.8 Å². The number of nitrogens with two attached hydrogens (primary N) is 1. The summed E-state index contributed by atoms with van der Waals surface area (Å²) in [6, 6.07) is 0. The maximum Gasteiger partial charge on any atom is 0.0556 e. The van der Waals surface area contributed by atoms with Crippen LogP contribution in [0.2, 0.25) is 0 Å². The van der Waals surface area contributed by atoms with Crippen LogP contribution in [-0.4, -0.2) is 24.4 Å². The van der Waals surface area contributed by atoms with Crippen LogP contribution in [0.1, 0.15) is 27.2 Å². The van der Waals surface area contributed by atoms with Crippen LogP contribution >= 0.6 is 0 Å². The van der Waals surface area contributed by atoms with Crippen LogP contribution in [0.15, 0.2) is 0 Å². The molecule has 0 aromatic rings. The Morgan fingerprint density at radius 3 is 2.36 bits per heavy atom. The zero-order valence-electron chi connectivity index (χ0n) is 7.72. The van der Waals surface area contributed by atoms with Gasteiger partial charge in [-0.15, -0.1) is 0 Å². The molecule has 0 rings (SSSR count). The Balaban J connectivity index is 3.44. The summed E-state index contributed by atoms with van der Waals surface area (Å²) in [5, 5.41) is 11.5. The lowest BCUT2D eigenvalue weighted by Gasteiger charge is -2.23. The van der Waals surface area contributed by atoms with Crippen molar-refractivity contribution in [3.63, 3.8) is 0 Å². The van der Waals surface area contributed by atoms with Crippen LogP contribution < -0.4 is 11.1 Å². The molecule has 1 atom stereocenters. The molecule has 0 aromatic heterocycles. The van der Waals surface area contributed by atoms with Crippen LogP contribution in [0.25, 0.3) is 0 Å². The van der Waals surface area contributed by atoms with E-state index in [1.54, 1.807) is 0 Å². The van der Waals surface area contributed by atoms with E-state index in [2.05, 4.69) is 26.1 Å². The Bertz CT molecular complexity index is 98.8. The monoisotopic (exact) mass is 160 g/mol. The maximum absolute atomic E-state index is 8.50. The second-order valence-electron chi connectivity index (χ2n) is 4.05. The van der Waals surface area contributed by atoms with Crippen molar-refractivity contribution >= 4 is 0 Å². The maximum atomic E-state index is 8.50. The Morgan fingerprint density at radius 2 is 2.00 bits per heavy atom. The molecule has 0 aliphatic heterocycles. The molecule has 0 saturated carbocycles. The van der Waals surface area contributed by atoms with Gasteiger partial charge >= 0.3 is 0 Å². The van der Waals surface area contributed by atoms with Crippen LogP contribution in [0.5, 0.6) is 0 Å². The summed E-state index contributed by atoms with van der Waals surface area (Å²) in [6.45, 7) is 7.17. The van der Waals surface area contributed by atoms with Crippen LogP contribution in [0.3, 0.4) is 0 Å². The van der Waals surface area contributed by atoms with Crippen LogP contribution in [0.4, 0.5) is 0 Å². The highest BCUT2D eigenvalue weighted by Crippen LogP contribution is 2.18. The van der Waals surface area contributed by atoms with Gasteiger partial charge in [-0.25, -0.2) is 0 Å². The third-order valence-electron chi connectivity index (χ3n) is 1.35. The molecule has 0 aliphatic rings. The molecule has 11 heavy (non-hydrogen) atoms. The standard InChI is InChI=1S/C8H20N2O/c1-8(2,3)6-7(9)10-4-5-11/h7,10-11H,4-6,9H2,1-3H3. The normalized spacial score (nSPS) is 15.0. The molecule has 0 amide bonds. The van der Waals surface area contributed by atoms with E-state index in [0.29, 0.717) is 6.54 Å². The first-order valence-corrected chi connectivity index (χ1v) is 4.05. The minimum absolute atomic E-state index is 0.00199. The van der Waals surface area contributed by atoms with Crippen molar-refractivity contribution in [2.45, 2.75) is 33.4 Å². The fraction of sp³-hybridized carbons (Fsp3) is 1.00. The summed E-state index contributed by atoms with van der Waals surface area (Å²) in [4.78, 5) is 0. The second kappa shape index (κ2) is 4.70. The van der Waals surface area contributed by atoms with Crippen LogP contribution in [-0.2, 0) is 0 Å². The number of nitrogens with one attached hydrogen (secondary N) is 1. The minimum atomic E-state index is 0.00199. The highest BCUT2D eigenvalue weighted by molar-refractivity contribution is 4.69. The Labute approximate surface area is 69.0 Å². The van der Waals surface area contributed by atoms with Gasteiger partial charge in [0, 0.05) is 6.54 Å². The molecule has 0 aromatic carbocycles. The molecule has 0 fully saturated rings. The first-order chi connectivity index (χ1) is 4.95. The van der Waals surface area contributed by atoms with Crippen molar-refractivity contribution in [1.82, 2.24) is 5.32 Å². The van der Waals surface area contributed by atoms with Crippen molar-refractivity contribution in [2.24, 2.45) is 11.1 Å². The number of rotatable bonds is 4. The summed E-state index contributed by atoms with van der Waals surface area (Å²) in [5.41, 5.74) is 5.98. The highest BCUT2D eigenvalue weighted by atomic mass is 16.3. The summed E-state index contributed by atoms with van der Waals surface area (Å²) in [6.07, 6.45) is 0.926. The number of hydrogen-bond acceptors (Lipinski definition) is 3. The first-order valence-electron chi connectivity index (χ1n) is 4.05. The fourth-order valence-electron chi connectivity index (χ4n) is 0.982. The van der Waals surface area contributed by atoms with Gasteiger partial charge in [0.25, 0.3) is 0 Å². The van der Waals surface area contributed by atoms with Crippen LogP contribution in [0, 0.1) is 5.41 Å². The lowest BCUT2D eigenvalue weighted by molar-refractivity contribution is 0.262. The molecule has 0 radical (unpaired) electrons. The predicted octanol–water partition coefficient (Wildman–Crippen LogP) is 0.289. The van der Waals surface area contributed by atoms with E-state index in [9.17, 15) is 0 Å². The Kier molecular flexibility index (Phi) is 4.65. The van der Waals surface area contributed by atoms with E-state index in [4.69, 9.17) is 10.8 Å². The van der Waals surface area contributed by atoms with E-state index >= 15 is 0 Å². The molecule has 0 heterocycles. The molecule has 0 bridgehead atoms. The number of hydrogen-bond donors (Lipinski definition) is 3. The largest absolute Gasteiger partial charge is 0.395 e. The van der Waals surface area contributed by atoms with Gasteiger partial charge in [-0.3, -0.25) is 5.32 Å². The summed E-state index contributed by atoms with van der Waals surface area (Å²) in [7, 11) is 0. The van der Waals surface area contributed by atoms with Gasteiger partial charge in [0.15, 0.2) is 0 Å². The average molecular weight is 160 g/mol. The molecule has 3 heteroatoms. The van der Waals surface area contributed by atoms with Crippen molar-refractivity contribution < 1.29 is 5.11 Å². The molecule has 0 saturated heterocycles. The molecule has 1 unspecified atom stereocenters. The third kappa shape index (κ3) is 7.78. The smallest absolute Gasteiger partial charge is 0.0556 e. The highest BCUT2D eigenvalue weighted by Gasteiger charge is 2.14. The van der Waals surface area contributed by atoms with E-state index in [0.717, 1.165) is 6.42 Å². The third-order valence-corrected chi connectivity index (χ3v) is 1.35. The SMILES string of the molecule is CC(C)(C)CC(N)NCCO. The molecule has 0 aliphatic carbocycles. The number of aliphatic hydroxyl groups is 1. The molecule has 0 spiro atoms. The molecular formula is C8H20N2O. The Morgan fingerprint density at radius 1 is 1.45 bits per heavy atom. The summed E-state index contributed by atoms with van der Waals surface area (Å²) < 4.78 is 0. The lowest BCUT2D eigenvalue weighted by Crippen LogP contribution is -2.41. The van der Waals surface area contributed by atoms with Crippen molar-refractivity contribution in [1.29, 1.82) is 0 Å². The lowest BCUT2D eigenvalue weighted by atomic mass is 9.91. The van der Waals surface area contributed by atoms with Crippen molar-refractivity contribution in [2.75, 3.05) is 13.2 Å². The second-order valence-corrected chi connectivity index (χ2v) is 4.05. The van der Waals surface area contributed by atoms with Gasteiger partial charge in [0.1, 0.15) is 0 Å². The van der Waals surface area contributed by atoms with E-state index in [1.165, 1.54) is 0 Å². The minimum Gasteiger partial charge on any atom is -0.395 e. The van der Waals surface area contributed by atoms with E-state index in [-0.39, 0.29) is 18.2 Å². The van der Waals surface area contributed by atoms with Gasteiger partial charge in [-0.2, -0.15) is 0 Å². The van der Waals surface area contributed by atoms with Gasteiger partial charge in [0.05, 0.1) is 12.8 Å². The van der Waals surface area contributed by atoms with Gasteiger partial charge < -0.3 is 10.8 Å². The average Bonchev–Trinajstić information content (AvgIpc) is 1.79. The number of aliphatic hydroxyl groups excluding tert-OH is 1. The summed E-state index contributed by atoms with van der Waals surface area (Å²) in [5.74, 6) is 0. The van der Waals surface area contributed by atoms with Crippen molar-refractivity contribution in [3.05, 3.63) is 0 Å². The topological polar surface area (TPSA) is 58.3 Å². The fourth-order valence-corrected chi connectivity index (χ4v) is 0.982. The zero-order valence-corrected chi connectivity index (χ0v) is 7.72. The predicted molar refractivity (Wildman–Crippen MR) is 47.1 cm³/mol. The zero-order chi connectivity index (χ0) is 8.91. The molecule has 68 valence electrons.